The van der Waals surface area contributed by atoms with E-state index in [1.807, 2.05) is 0 Å². The molecule has 2 saturated heterocycles. The molecule has 2 heterocycles. The Bertz CT molecular complexity index is 383. The smallest absolute Gasteiger partial charge is 0.187 e. The van der Waals surface area contributed by atoms with E-state index in [4.69, 9.17) is 19.3 Å². The van der Waals surface area contributed by atoms with Crippen molar-refractivity contribution in [2.45, 2.75) is 60.1 Å². The first-order valence-corrected chi connectivity index (χ1v) is 7.95. The van der Waals surface area contributed by atoms with Crippen LogP contribution in [0.1, 0.15) is 0 Å². The second-order valence-electron chi connectivity index (χ2n) is 5.48. The normalized spacial score (nSPS) is 51.7. The molecule has 0 aromatic rings. The molecule has 136 valence electrons. The van der Waals surface area contributed by atoms with Crippen molar-refractivity contribution in [3.8, 4) is 0 Å². The standard InChI is InChI=1S/C12H21BrO10/c13-5-7(17)10(4(2-15)21-11(5)20)23-12-9(19)8(18)6(16)3(1-14)22-12/h3-12,14-20H,1-2H2. The first-order chi connectivity index (χ1) is 10.8. The number of aliphatic hydroxyl groups excluding tert-OH is 7. The number of aliphatic hydroxyl groups is 7. The molecule has 2 aliphatic heterocycles. The lowest BCUT2D eigenvalue weighted by atomic mass is 9.98. The molecule has 0 aromatic carbocycles. The minimum atomic E-state index is -1.65. The highest BCUT2D eigenvalue weighted by molar-refractivity contribution is 9.09. The second kappa shape index (κ2) is 7.97. The van der Waals surface area contributed by atoms with E-state index < -0.39 is 73.3 Å². The Labute approximate surface area is 140 Å². The fourth-order valence-electron chi connectivity index (χ4n) is 2.55. The van der Waals surface area contributed by atoms with E-state index in [1.54, 1.807) is 0 Å². The van der Waals surface area contributed by atoms with Crippen molar-refractivity contribution < 1.29 is 50.0 Å². The van der Waals surface area contributed by atoms with Crippen LogP contribution in [-0.4, -0.2) is 109 Å². The van der Waals surface area contributed by atoms with Crippen LogP contribution in [0.25, 0.3) is 0 Å². The molecule has 2 aliphatic rings. The summed E-state index contributed by atoms with van der Waals surface area (Å²) in [5.74, 6) is 0. The minimum Gasteiger partial charge on any atom is -0.394 e. The summed E-state index contributed by atoms with van der Waals surface area (Å²) in [4.78, 5) is -0.916. The van der Waals surface area contributed by atoms with Crippen molar-refractivity contribution in [1.29, 1.82) is 0 Å². The molecule has 0 saturated carbocycles. The fraction of sp³-hybridized carbons (Fsp3) is 1.00. The number of hydrogen-bond acceptors (Lipinski definition) is 10. The van der Waals surface area contributed by atoms with Crippen LogP contribution >= 0.6 is 15.9 Å². The van der Waals surface area contributed by atoms with E-state index in [0.717, 1.165) is 0 Å². The highest BCUT2D eigenvalue weighted by Crippen LogP contribution is 2.30. The van der Waals surface area contributed by atoms with Crippen LogP contribution < -0.4 is 0 Å². The zero-order valence-electron chi connectivity index (χ0n) is 11.9. The van der Waals surface area contributed by atoms with Gasteiger partial charge in [0.25, 0.3) is 0 Å². The van der Waals surface area contributed by atoms with Crippen molar-refractivity contribution in [3.05, 3.63) is 0 Å². The molecule has 2 fully saturated rings. The van der Waals surface area contributed by atoms with E-state index in [9.17, 15) is 30.6 Å². The van der Waals surface area contributed by atoms with Gasteiger partial charge in [-0.3, -0.25) is 0 Å². The van der Waals surface area contributed by atoms with E-state index in [0.29, 0.717) is 0 Å². The number of ether oxygens (including phenoxy) is 3. The van der Waals surface area contributed by atoms with Gasteiger partial charge in [-0.2, -0.15) is 0 Å². The third-order valence-electron chi connectivity index (χ3n) is 3.94. The zero-order valence-corrected chi connectivity index (χ0v) is 13.5. The van der Waals surface area contributed by atoms with Crippen molar-refractivity contribution >= 4 is 15.9 Å². The Morgan fingerprint density at radius 2 is 1.39 bits per heavy atom. The Hall–Kier alpha value is 0.0800. The molecule has 0 spiro atoms. The van der Waals surface area contributed by atoms with Crippen molar-refractivity contribution in [2.75, 3.05) is 13.2 Å². The maximum Gasteiger partial charge on any atom is 0.187 e. The van der Waals surface area contributed by atoms with Gasteiger partial charge in [0.2, 0.25) is 0 Å². The SMILES string of the molecule is OCC1OC(OC2C(CO)OC(O)C(Br)C2O)C(O)C(O)C1O. The Kier molecular flexibility index (Phi) is 6.73. The van der Waals surface area contributed by atoms with Gasteiger partial charge in [-0.25, -0.2) is 0 Å². The van der Waals surface area contributed by atoms with Gasteiger partial charge < -0.3 is 50.0 Å². The van der Waals surface area contributed by atoms with Crippen LogP contribution in [0.4, 0.5) is 0 Å². The molecular weight excluding hydrogens is 384 g/mol. The predicted molar refractivity (Wildman–Crippen MR) is 75.3 cm³/mol. The van der Waals surface area contributed by atoms with Gasteiger partial charge in [-0.15, -0.1) is 0 Å². The lowest BCUT2D eigenvalue weighted by molar-refractivity contribution is -0.340. The van der Waals surface area contributed by atoms with E-state index in [1.165, 1.54) is 0 Å². The maximum absolute atomic E-state index is 10.1. The maximum atomic E-state index is 10.1. The van der Waals surface area contributed by atoms with Gasteiger partial charge >= 0.3 is 0 Å². The molecule has 0 aliphatic carbocycles. The van der Waals surface area contributed by atoms with Crippen LogP contribution in [0.3, 0.4) is 0 Å². The van der Waals surface area contributed by atoms with Gasteiger partial charge in [-0.05, 0) is 0 Å². The van der Waals surface area contributed by atoms with E-state index in [2.05, 4.69) is 15.9 Å². The Morgan fingerprint density at radius 3 is 1.96 bits per heavy atom. The van der Waals surface area contributed by atoms with Crippen molar-refractivity contribution in [3.63, 3.8) is 0 Å². The predicted octanol–water partition coefficient (Wildman–Crippen LogP) is -3.99. The minimum absolute atomic E-state index is 0.587. The molecule has 0 bridgehead atoms. The molecule has 0 amide bonds. The second-order valence-corrected chi connectivity index (χ2v) is 6.54. The molecule has 10 nitrogen and oxygen atoms in total. The number of rotatable bonds is 4. The largest absolute Gasteiger partial charge is 0.394 e. The van der Waals surface area contributed by atoms with Gasteiger partial charge in [0, 0.05) is 0 Å². The van der Waals surface area contributed by atoms with Crippen LogP contribution in [0, 0.1) is 0 Å². The number of alkyl halides is 1. The summed E-state index contributed by atoms with van der Waals surface area (Å²) in [6, 6.07) is 0. The third-order valence-corrected chi connectivity index (χ3v) is 4.93. The molecule has 11 heteroatoms. The summed E-state index contributed by atoms with van der Waals surface area (Å²) in [6.45, 7) is -1.21. The first kappa shape index (κ1) is 19.4. The quantitative estimate of drug-likeness (QED) is 0.229. The van der Waals surface area contributed by atoms with Gasteiger partial charge in [-0.1, -0.05) is 15.9 Å². The molecule has 23 heavy (non-hydrogen) atoms. The molecule has 0 radical (unpaired) electrons. The lowest BCUT2D eigenvalue weighted by Crippen LogP contribution is -2.63. The molecule has 10 unspecified atom stereocenters. The topological polar surface area (TPSA) is 169 Å². The van der Waals surface area contributed by atoms with Gasteiger partial charge in [0.1, 0.15) is 42.7 Å². The van der Waals surface area contributed by atoms with Gasteiger partial charge in [0.05, 0.1) is 18.0 Å². The Balaban J connectivity index is 2.11. The Morgan fingerprint density at radius 1 is 0.783 bits per heavy atom. The summed E-state index contributed by atoms with van der Waals surface area (Å²) in [7, 11) is 0. The fourth-order valence-corrected chi connectivity index (χ4v) is 2.98. The molecule has 10 atom stereocenters. The highest BCUT2D eigenvalue weighted by atomic mass is 79.9. The van der Waals surface area contributed by atoms with Crippen LogP contribution in [0.5, 0.6) is 0 Å². The van der Waals surface area contributed by atoms with Crippen molar-refractivity contribution in [2.24, 2.45) is 0 Å². The summed E-state index contributed by atoms with van der Waals surface area (Å²) in [5, 5.41) is 67.5. The van der Waals surface area contributed by atoms with Crippen LogP contribution in [0.2, 0.25) is 0 Å². The number of halogens is 1. The zero-order chi connectivity index (χ0) is 17.3. The summed E-state index contributed by atoms with van der Waals surface area (Å²) in [6.07, 6.45) is -12.5. The van der Waals surface area contributed by atoms with Gasteiger partial charge in [0.15, 0.2) is 12.6 Å². The molecular formula is C12H21BrO10. The monoisotopic (exact) mass is 404 g/mol. The summed E-state index contributed by atoms with van der Waals surface area (Å²) >= 11 is 3.02. The van der Waals surface area contributed by atoms with Crippen molar-refractivity contribution in [1.82, 2.24) is 0 Å². The average molecular weight is 405 g/mol. The molecule has 0 aromatic heterocycles. The third kappa shape index (κ3) is 3.85. The van der Waals surface area contributed by atoms with E-state index >= 15 is 0 Å². The van der Waals surface area contributed by atoms with Crippen LogP contribution in [0.15, 0.2) is 0 Å². The molecule has 7 N–H and O–H groups in total. The lowest BCUT2D eigenvalue weighted by Gasteiger charge is -2.45. The average Bonchev–Trinajstić information content (AvgIpc) is 2.55. The van der Waals surface area contributed by atoms with E-state index in [-0.39, 0.29) is 0 Å². The summed E-state index contributed by atoms with van der Waals surface area (Å²) < 4.78 is 15.7. The number of hydrogen-bond donors (Lipinski definition) is 7. The van der Waals surface area contributed by atoms with Crippen LogP contribution in [-0.2, 0) is 14.2 Å². The first-order valence-electron chi connectivity index (χ1n) is 7.04. The highest BCUT2D eigenvalue weighted by Gasteiger charge is 2.49. The summed E-state index contributed by atoms with van der Waals surface area (Å²) in [5.41, 5.74) is 0. The molecule has 2 rings (SSSR count).